The number of nitrogens with zero attached hydrogens (tertiary/aromatic N) is 1. The molecule has 0 fully saturated rings. The Labute approximate surface area is 121 Å². The maximum atomic E-state index is 12.5. The molecule has 0 bridgehead atoms. The highest BCUT2D eigenvalue weighted by Crippen LogP contribution is 2.31. The highest BCUT2D eigenvalue weighted by atomic mass is 16.7. The van der Waals surface area contributed by atoms with Gasteiger partial charge in [0.1, 0.15) is 11.5 Å². The van der Waals surface area contributed by atoms with E-state index in [1.165, 1.54) is 19.3 Å². The number of methoxy groups -OCH3 is 1. The van der Waals surface area contributed by atoms with Crippen molar-refractivity contribution >= 4 is 17.3 Å². The van der Waals surface area contributed by atoms with E-state index in [0.29, 0.717) is 23.4 Å². The number of para-hydroxylation sites is 1. The summed E-state index contributed by atoms with van der Waals surface area (Å²) in [7, 11) is 1.51. The zero-order valence-electron chi connectivity index (χ0n) is 11.4. The van der Waals surface area contributed by atoms with Gasteiger partial charge in [0.2, 0.25) is 5.78 Å². The van der Waals surface area contributed by atoms with E-state index in [2.05, 4.69) is 5.16 Å². The number of carbonyl (C=O) groups is 2. The molecule has 5 nitrogen and oxygen atoms in total. The zero-order valence-corrected chi connectivity index (χ0v) is 11.4. The summed E-state index contributed by atoms with van der Waals surface area (Å²) in [6.45, 7) is 0. The van der Waals surface area contributed by atoms with E-state index in [1.54, 1.807) is 36.4 Å². The van der Waals surface area contributed by atoms with Crippen LogP contribution in [0.1, 0.15) is 16.8 Å². The summed E-state index contributed by atoms with van der Waals surface area (Å²) in [6, 6.07) is 6.96. The minimum absolute atomic E-state index is 0.103. The van der Waals surface area contributed by atoms with Gasteiger partial charge in [-0.05, 0) is 36.4 Å². The third-order valence-electron chi connectivity index (χ3n) is 3.44. The Balaban J connectivity index is 1.83. The molecule has 0 N–H and O–H groups in total. The largest absolute Gasteiger partial charge is 0.496 e. The lowest BCUT2D eigenvalue weighted by molar-refractivity contribution is -0.110. The minimum atomic E-state index is -0.819. The Hall–Kier alpha value is -2.69. The third-order valence-corrected chi connectivity index (χ3v) is 3.44. The lowest BCUT2D eigenvalue weighted by Crippen LogP contribution is -2.28. The van der Waals surface area contributed by atoms with Crippen molar-refractivity contribution in [1.82, 2.24) is 0 Å². The first kappa shape index (κ1) is 13.3. The summed E-state index contributed by atoms with van der Waals surface area (Å²) in [6.07, 6.45) is 6.39. The number of hydrogen-bond acceptors (Lipinski definition) is 5. The van der Waals surface area contributed by atoms with Crippen LogP contribution in [0, 0.1) is 0 Å². The van der Waals surface area contributed by atoms with E-state index in [0.717, 1.165) is 0 Å². The molecular weight excluding hydrogens is 270 g/mol. The first-order valence-electron chi connectivity index (χ1n) is 6.49. The summed E-state index contributed by atoms with van der Waals surface area (Å²) >= 11 is 0. The van der Waals surface area contributed by atoms with Crippen LogP contribution >= 0.6 is 0 Å². The smallest absolute Gasteiger partial charge is 0.214 e. The summed E-state index contributed by atoms with van der Waals surface area (Å²) in [5.41, 5.74) is -0.0663. The average molecular weight is 283 g/mol. The average Bonchev–Trinajstić information content (AvgIpc) is 2.94. The highest BCUT2D eigenvalue weighted by Gasteiger charge is 2.39. The second kappa shape index (κ2) is 5.01. The summed E-state index contributed by atoms with van der Waals surface area (Å²) in [5, 5.41) is 3.89. The van der Waals surface area contributed by atoms with Crippen molar-refractivity contribution in [3.8, 4) is 5.75 Å². The Morgan fingerprint density at radius 3 is 2.71 bits per heavy atom. The lowest BCUT2D eigenvalue weighted by Gasteiger charge is -2.19. The van der Waals surface area contributed by atoms with Crippen LogP contribution < -0.4 is 4.74 Å². The minimum Gasteiger partial charge on any atom is -0.496 e. The van der Waals surface area contributed by atoms with Crippen molar-refractivity contribution in [1.29, 1.82) is 0 Å². The van der Waals surface area contributed by atoms with Crippen molar-refractivity contribution < 1.29 is 19.2 Å². The fourth-order valence-electron chi connectivity index (χ4n) is 2.31. The van der Waals surface area contributed by atoms with Crippen LogP contribution in [0.4, 0.5) is 0 Å². The molecule has 1 heterocycles. The quantitative estimate of drug-likeness (QED) is 0.797. The number of benzene rings is 1. The van der Waals surface area contributed by atoms with Gasteiger partial charge < -0.3 is 9.57 Å². The molecule has 3 rings (SSSR count). The molecule has 1 spiro atoms. The maximum absolute atomic E-state index is 12.5. The van der Waals surface area contributed by atoms with Crippen molar-refractivity contribution in [2.24, 2.45) is 5.16 Å². The second-order valence-electron chi connectivity index (χ2n) is 4.86. The summed E-state index contributed by atoms with van der Waals surface area (Å²) in [4.78, 5) is 29.0. The van der Waals surface area contributed by atoms with Gasteiger partial charge in [-0.1, -0.05) is 17.3 Å². The Morgan fingerprint density at radius 1 is 1.29 bits per heavy atom. The monoisotopic (exact) mass is 283 g/mol. The van der Waals surface area contributed by atoms with Gasteiger partial charge in [-0.2, -0.15) is 0 Å². The van der Waals surface area contributed by atoms with Crippen LogP contribution in [0.2, 0.25) is 0 Å². The standard InChI is InChI=1S/C16H13NO4/c1-20-14-5-3-2-4-12(14)15(19)13-10-16(21-17-13)8-6-11(18)7-9-16/h2-9H,10H2,1H3. The SMILES string of the molecule is COc1ccccc1C(=O)C1=NOC2(C=CC(=O)C=C2)C1. The molecule has 0 aromatic heterocycles. The normalized spacial score (nSPS) is 18.5. The molecule has 0 saturated carbocycles. The number of ketones is 2. The molecule has 106 valence electrons. The van der Waals surface area contributed by atoms with Crippen molar-refractivity contribution in [2.75, 3.05) is 7.11 Å². The van der Waals surface area contributed by atoms with Crippen LogP contribution in [0.25, 0.3) is 0 Å². The van der Waals surface area contributed by atoms with Gasteiger partial charge in [0.15, 0.2) is 11.4 Å². The van der Waals surface area contributed by atoms with Gasteiger partial charge in [0, 0.05) is 6.42 Å². The first-order chi connectivity index (χ1) is 10.1. The number of allylic oxidation sites excluding steroid dienone is 2. The lowest BCUT2D eigenvalue weighted by atomic mass is 9.90. The fraction of sp³-hybridized carbons (Fsp3) is 0.188. The van der Waals surface area contributed by atoms with Gasteiger partial charge in [0.25, 0.3) is 0 Å². The molecule has 21 heavy (non-hydrogen) atoms. The molecule has 1 aromatic carbocycles. The molecule has 0 saturated heterocycles. The van der Waals surface area contributed by atoms with E-state index < -0.39 is 5.60 Å². The van der Waals surface area contributed by atoms with E-state index in [9.17, 15) is 9.59 Å². The fourth-order valence-corrected chi connectivity index (χ4v) is 2.31. The van der Waals surface area contributed by atoms with Crippen LogP contribution in [0.5, 0.6) is 5.75 Å². The Morgan fingerprint density at radius 2 is 2.00 bits per heavy atom. The predicted octanol–water partition coefficient (Wildman–Crippen LogP) is 2.09. The van der Waals surface area contributed by atoms with Gasteiger partial charge in [-0.15, -0.1) is 0 Å². The van der Waals surface area contributed by atoms with E-state index in [1.807, 2.05) is 0 Å². The van der Waals surface area contributed by atoms with Crippen LogP contribution in [0.3, 0.4) is 0 Å². The number of Topliss-reactive ketones (excluding diaryl/α,β-unsaturated/α-hetero) is 1. The Kier molecular flexibility index (Phi) is 3.17. The maximum Gasteiger partial charge on any atom is 0.214 e. The molecule has 2 aliphatic rings. The number of oxime groups is 1. The topological polar surface area (TPSA) is 65.0 Å². The number of hydrogen-bond donors (Lipinski definition) is 0. The predicted molar refractivity (Wildman–Crippen MR) is 76.5 cm³/mol. The molecule has 0 unspecified atom stereocenters. The van der Waals surface area contributed by atoms with Crippen LogP contribution in [0.15, 0.2) is 53.7 Å². The van der Waals surface area contributed by atoms with Crippen molar-refractivity contribution in [3.05, 3.63) is 54.1 Å². The van der Waals surface area contributed by atoms with Crippen molar-refractivity contribution in [2.45, 2.75) is 12.0 Å². The molecule has 1 aliphatic heterocycles. The van der Waals surface area contributed by atoms with E-state index in [4.69, 9.17) is 9.57 Å². The summed E-state index contributed by atoms with van der Waals surface area (Å²) < 4.78 is 5.19. The summed E-state index contributed by atoms with van der Waals surface area (Å²) in [5.74, 6) is 0.160. The van der Waals surface area contributed by atoms with Crippen LogP contribution in [-0.4, -0.2) is 30.0 Å². The number of ether oxygens (including phenoxy) is 1. The molecule has 1 aromatic rings. The van der Waals surface area contributed by atoms with E-state index >= 15 is 0 Å². The van der Waals surface area contributed by atoms with Gasteiger partial charge in [0.05, 0.1) is 12.7 Å². The molecule has 0 atom stereocenters. The molecule has 0 radical (unpaired) electrons. The molecule has 5 heteroatoms. The van der Waals surface area contributed by atoms with Gasteiger partial charge >= 0.3 is 0 Å². The van der Waals surface area contributed by atoms with Gasteiger partial charge in [-0.3, -0.25) is 9.59 Å². The van der Waals surface area contributed by atoms with Crippen LogP contribution in [-0.2, 0) is 9.63 Å². The third kappa shape index (κ3) is 2.38. The highest BCUT2D eigenvalue weighted by molar-refractivity contribution is 6.47. The van der Waals surface area contributed by atoms with E-state index in [-0.39, 0.29) is 11.6 Å². The molecular formula is C16H13NO4. The van der Waals surface area contributed by atoms with Gasteiger partial charge in [-0.25, -0.2) is 0 Å². The molecule has 0 amide bonds. The molecule has 1 aliphatic carbocycles. The number of carbonyl (C=O) groups excluding carboxylic acids is 2. The second-order valence-corrected chi connectivity index (χ2v) is 4.86. The number of rotatable bonds is 3. The first-order valence-corrected chi connectivity index (χ1v) is 6.49. The van der Waals surface area contributed by atoms with Crippen molar-refractivity contribution in [3.63, 3.8) is 0 Å². The zero-order chi connectivity index (χ0) is 14.9. The Bertz CT molecular complexity index is 684.